The molecule has 1 aromatic rings. The van der Waals surface area contributed by atoms with E-state index in [4.69, 9.17) is 0 Å². The van der Waals surface area contributed by atoms with Crippen molar-refractivity contribution in [3.8, 4) is 0 Å². The molecule has 2 fully saturated rings. The molecule has 2 saturated carbocycles. The minimum atomic E-state index is -0.687. The van der Waals surface area contributed by atoms with Gasteiger partial charge in [0.25, 0.3) is 0 Å². The molecule has 0 spiro atoms. The highest BCUT2D eigenvalue weighted by Gasteiger charge is 2.50. The summed E-state index contributed by atoms with van der Waals surface area (Å²) in [7, 11) is 0. The Morgan fingerprint density at radius 1 is 1.40 bits per heavy atom. The van der Waals surface area contributed by atoms with Crippen molar-refractivity contribution in [2.24, 2.45) is 17.8 Å². The van der Waals surface area contributed by atoms with Crippen molar-refractivity contribution in [3.63, 3.8) is 0 Å². The van der Waals surface area contributed by atoms with Crippen LogP contribution in [0, 0.1) is 23.6 Å². The van der Waals surface area contributed by atoms with E-state index in [1.807, 2.05) is 0 Å². The molecule has 20 heavy (non-hydrogen) atoms. The Kier molecular flexibility index (Phi) is 3.82. The van der Waals surface area contributed by atoms with Gasteiger partial charge in [-0.15, -0.1) is 0 Å². The SMILES string of the molecule is O=C(O)C1C2CCC(C2)C1NCc1ccc(F)cc1Br. The summed E-state index contributed by atoms with van der Waals surface area (Å²) in [4.78, 5) is 11.4. The van der Waals surface area contributed by atoms with Gasteiger partial charge < -0.3 is 10.4 Å². The van der Waals surface area contributed by atoms with Crippen molar-refractivity contribution in [3.05, 3.63) is 34.1 Å². The standard InChI is InChI=1S/C15H17BrFNO2/c16-12-6-11(17)4-3-10(12)7-18-14-9-2-1-8(5-9)13(14)15(19)20/h3-4,6,8-9,13-14,18H,1-2,5,7H2,(H,19,20). The average Bonchev–Trinajstić information content (AvgIpc) is 2.97. The smallest absolute Gasteiger partial charge is 0.308 e. The van der Waals surface area contributed by atoms with Crippen LogP contribution in [0.3, 0.4) is 0 Å². The Labute approximate surface area is 125 Å². The molecule has 3 nitrogen and oxygen atoms in total. The Morgan fingerprint density at radius 2 is 2.15 bits per heavy atom. The molecule has 4 unspecified atom stereocenters. The number of aliphatic carboxylic acids is 1. The van der Waals surface area contributed by atoms with Gasteiger partial charge in [-0.25, -0.2) is 4.39 Å². The van der Waals surface area contributed by atoms with Crippen molar-refractivity contribution in [1.82, 2.24) is 5.32 Å². The van der Waals surface area contributed by atoms with Crippen molar-refractivity contribution in [1.29, 1.82) is 0 Å². The van der Waals surface area contributed by atoms with Gasteiger partial charge in [0.2, 0.25) is 0 Å². The second-order valence-electron chi connectivity index (χ2n) is 5.84. The van der Waals surface area contributed by atoms with E-state index in [2.05, 4.69) is 21.2 Å². The van der Waals surface area contributed by atoms with Crippen molar-refractivity contribution in [2.75, 3.05) is 0 Å². The molecular weight excluding hydrogens is 325 g/mol. The lowest BCUT2D eigenvalue weighted by Gasteiger charge is -2.29. The first-order valence-corrected chi connectivity index (χ1v) is 7.75. The Hall–Kier alpha value is -0.940. The summed E-state index contributed by atoms with van der Waals surface area (Å²) in [5, 5.41) is 12.8. The van der Waals surface area contributed by atoms with Crippen LogP contribution in [0.1, 0.15) is 24.8 Å². The summed E-state index contributed by atoms with van der Waals surface area (Å²) in [5.74, 6) is -0.434. The fraction of sp³-hybridized carbons (Fsp3) is 0.533. The topological polar surface area (TPSA) is 49.3 Å². The van der Waals surface area contributed by atoms with E-state index in [9.17, 15) is 14.3 Å². The van der Waals surface area contributed by atoms with Gasteiger partial charge in [-0.3, -0.25) is 4.79 Å². The maximum Gasteiger partial charge on any atom is 0.308 e. The molecule has 0 amide bonds. The van der Waals surface area contributed by atoms with Gasteiger partial charge >= 0.3 is 5.97 Å². The van der Waals surface area contributed by atoms with E-state index in [0.717, 1.165) is 29.3 Å². The van der Waals surface area contributed by atoms with Gasteiger partial charge in [-0.1, -0.05) is 22.0 Å². The molecular formula is C15H17BrFNO2. The monoisotopic (exact) mass is 341 g/mol. The normalized spacial score (nSPS) is 31.7. The van der Waals surface area contributed by atoms with Gasteiger partial charge in [0.05, 0.1) is 5.92 Å². The number of carbonyl (C=O) groups is 1. The molecule has 108 valence electrons. The molecule has 0 heterocycles. The van der Waals surface area contributed by atoms with Crippen LogP contribution in [-0.2, 0) is 11.3 Å². The first kappa shape index (κ1) is 14.0. The summed E-state index contributed by atoms with van der Waals surface area (Å²) in [5.41, 5.74) is 0.957. The number of halogens is 2. The van der Waals surface area contributed by atoms with Gasteiger partial charge in [-0.2, -0.15) is 0 Å². The van der Waals surface area contributed by atoms with Crippen LogP contribution in [0.5, 0.6) is 0 Å². The van der Waals surface area contributed by atoms with E-state index in [-0.39, 0.29) is 17.8 Å². The van der Waals surface area contributed by atoms with Crippen molar-refractivity contribution < 1.29 is 14.3 Å². The van der Waals surface area contributed by atoms with Gasteiger partial charge in [0.1, 0.15) is 5.82 Å². The fourth-order valence-electron chi connectivity index (χ4n) is 3.83. The summed E-state index contributed by atoms with van der Waals surface area (Å²) < 4.78 is 13.8. The molecule has 2 bridgehead atoms. The van der Waals surface area contributed by atoms with Gasteiger partial charge in [-0.05, 0) is 48.8 Å². The third kappa shape index (κ3) is 2.49. The number of fused-ring (bicyclic) bond motifs is 2. The predicted octanol–water partition coefficient (Wildman–Crippen LogP) is 3.18. The highest BCUT2D eigenvalue weighted by atomic mass is 79.9. The van der Waals surface area contributed by atoms with Crippen LogP contribution >= 0.6 is 15.9 Å². The number of rotatable bonds is 4. The first-order valence-electron chi connectivity index (χ1n) is 6.96. The Morgan fingerprint density at radius 3 is 2.85 bits per heavy atom. The molecule has 5 heteroatoms. The van der Waals surface area contributed by atoms with E-state index in [1.165, 1.54) is 12.1 Å². The lowest BCUT2D eigenvalue weighted by Crippen LogP contribution is -2.43. The first-order chi connectivity index (χ1) is 9.56. The molecule has 2 aliphatic rings. The fourth-order valence-corrected chi connectivity index (χ4v) is 4.32. The van der Waals surface area contributed by atoms with Gasteiger partial charge in [0, 0.05) is 17.1 Å². The zero-order chi connectivity index (χ0) is 14.3. The number of benzene rings is 1. The van der Waals surface area contributed by atoms with E-state index in [0.29, 0.717) is 18.4 Å². The summed E-state index contributed by atoms with van der Waals surface area (Å²) >= 11 is 3.35. The lowest BCUT2D eigenvalue weighted by atomic mass is 9.84. The van der Waals surface area contributed by atoms with Crippen molar-refractivity contribution in [2.45, 2.75) is 31.8 Å². The summed E-state index contributed by atoms with van der Waals surface area (Å²) in [6.07, 6.45) is 3.19. The molecule has 2 aliphatic carbocycles. The second kappa shape index (κ2) is 5.45. The third-order valence-electron chi connectivity index (χ3n) is 4.74. The molecule has 4 atom stereocenters. The number of nitrogens with one attached hydrogen (secondary N) is 1. The highest BCUT2D eigenvalue weighted by molar-refractivity contribution is 9.10. The molecule has 3 rings (SSSR count). The van der Waals surface area contributed by atoms with Crippen LogP contribution < -0.4 is 5.32 Å². The molecule has 2 N–H and O–H groups in total. The zero-order valence-electron chi connectivity index (χ0n) is 11.0. The quantitative estimate of drug-likeness (QED) is 0.884. The maximum absolute atomic E-state index is 13.1. The van der Waals surface area contributed by atoms with Crippen LogP contribution in [0.4, 0.5) is 4.39 Å². The zero-order valence-corrected chi connectivity index (χ0v) is 12.6. The van der Waals surface area contributed by atoms with Crippen LogP contribution in [0.25, 0.3) is 0 Å². The molecule has 0 radical (unpaired) electrons. The van der Waals surface area contributed by atoms with E-state index < -0.39 is 5.97 Å². The Balaban J connectivity index is 1.70. The largest absolute Gasteiger partial charge is 0.481 e. The number of hydrogen-bond acceptors (Lipinski definition) is 2. The van der Waals surface area contributed by atoms with Crippen LogP contribution in [0.15, 0.2) is 22.7 Å². The lowest BCUT2D eigenvalue weighted by molar-refractivity contribution is -0.144. The predicted molar refractivity (Wildman–Crippen MR) is 76.7 cm³/mol. The van der Waals surface area contributed by atoms with Crippen molar-refractivity contribution >= 4 is 21.9 Å². The molecule has 0 aliphatic heterocycles. The summed E-state index contributed by atoms with van der Waals surface area (Å²) in [6, 6.07) is 4.64. The summed E-state index contributed by atoms with van der Waals surface area (Å²) in [6.45, 7) is 0.568. The van der Waals surface area contributed by atoms with E-state index >= 15 is 0 Å². The number of carboxylic acid groups (broad SMARTS) is 1. The minimum Gasteiger partial charge on any atom is -0.481 e. The molecule has 0 saturated heterocycles. The average molecular weight is 342 g/mol. The molecule has 1 aromatic carbocycles. The third-order valence-corrected chi connectivity index (χ3v) is 5.48. The van der Waals surface area contributed by atoms with Crippen LogP contribution in [-0.4, -0.2) is 17.1 Å². The minimum absolute atomic E-state index is 0.0446. The van der Waals surface area contributed by atoms with Crippen LogP contribution in [0.2, 0.25) is 0 Å². The highest BCUT2D eigenvalue weighted by Crippen LogP contribution is 2.48. The number of carboxylic acids is 1. The van der Waals surface area contributed by atoms with Gasteiger partial charge in [0.15, 0.2) is 0 Å². The van der Waals surface area contributed by atoms with E-state index in [1.54, 1.807) is 6.07 Å². The number of hydrogen-bond donors (Lipinski definition) is 2. The Bertz CT molecular complexity index is 537. The maximum atomic E-state index is 13.1. The second-order valence-corrected chi connectivity index (χ2v) is 6.69. The molecule has 0 aromatic heterocycles.